The van der Waals surface area contributed by atoms with Crippen LogP contribution in [0.1, 0.15) is 17.7 Å². The van der Waals surface area contributed by atoms with Crippen LogP contribution in [0.3, 0.4) is 0 Å². The van der Waals surface area contributed by atoms with Gasteiger partial charge in [-0.15, -0.1) is 17.9 Å². The topological polar surface area (TPSA) is 32.3 Å². The van der Waals surface area contributed by atoms with E-state index >= 15 is 0 Å². The fraction of sp³-hybridized carbons (Fsp3) is 0.500. The van der Waals surface area contributed by atoms with Gasteiger partial charge in [-0.2, -0.15) is 0 Å². The monoisotopic (exact) mass is 298 g/mol. The summed E-state index contributed by atoms with van der Waals surface area (Å²) in [6.07, 6.45) is 3.83. The van der Waals surface area contributed by atoms with Gasteiger partial charge in [0.25, 0.3) is 0 Å². The molecule has 1 fully saturated rings. The minimum atomic E-state index is 0.101. The summed E-state index contributed by atoms with van der Waals surface area (Å²) in [7, 11) is 0. The van der Waals surface area contributed by atoms with E-state index in [1.807, 2.05) is 17.0 Å². The second-order valence-corrected chi connectivity index (χ2v) is 6.56. The van der Waals surface area contributed by atoms with E-state index in [-0.39, 0.29) is 11.8 Å². The highest BCUT2D eigenvalue weighted by Gasteiger charge is 2.25. The van der Waals surface area contributed by atoms with Gasteiger partial charge in [0.2, 0.25) is 5.91 Å². The molecule has 3 nitrogen and oxygen atoms in total. The van der Waals surface area contributed by atoms with Crippen molar-refractivity contribution in [3.63, 3.8) is 0 Å². The maximum absolute atomic E-state index is 12.5. The Bertz CT molecular complexity index is 440. The number of piperidine rings is 1. The van der Waals surface area contributed by atoms with Crippen molar-refractivity contribution in [3.05, 3.63) is 34.0 Å². The predicted molar refractivity (Wildman–Crippen MR) is 80.5 cm³/mol. The first-order valence-corrected chi connectivity index (χ1v) is 7.74. The van der Waals surface area contributed by atoms with Crippen LogP contribution in [0, 0.1) is 5.92 Å². The van der Waals surface area contributed by atoms with Gasteiger partial charge in [0.1, 0.15) is 0 Å². The van der Waals surface area contributed by atoms with Gasteiger partial charge >= 0.3 is 0 Å². The second kappa shape index (κ2) is 7.08. The molecule has 1 saturated heterocycles. The van der Waals surface area contributed by atoms with Crippen molar-refractivity contribution in [2.45, 2.75) is 19.4 Å². The molecular formula is C14H19ClN2OS. The Morgan fingerprint density at radius 2 is 2.47 bits per heavy atom. The van der Waals surface area contributed by atoms with Crippen LogP contribution in [0.4, 0.5) is 0 Å². The summed E-state index contributed by atoms with van der Waals surface area (Å²) >= 11 is 7.46. The van der Waals surface area contributed by atoms with Gasteiger partial charge in [-0.05, 0) is 31.5 Å². The van der Waals surface area contributed by atoms with E-state index in [0.717, 1.165) is 35.1 Å². The molecular weight excluding hydrogens is 280 g/mol. The lowest BCUT2D eigenvalue weighted by atomic mass is 9.98. The van der Waals surface area contributed by atoms with Crippen molar-refractivity contribution >= 4 is 28.8 Å². The molecule has 1 aliphatic rings. The molecule has 0 bridgehead atoms. The zero-order chi connectivity index (χ0) is 13.7. The number of amides is 1. The first-order valence-electron chi connectivity index (χ1n) is 6.55. The molecule has 1 aromatic heterocycles. The molecule has 0 unspecified atom stereocenters. The number of carbonyl (C=O) groups is 1. The highest BCUT2D eigenvalue weighted by molar-refractivity contribution is 7.16. The van der Waals surface area contributed by atoms with Gasteiger partial charge in [0.15, 0.2) is 0 Å². The van der Waals surface area contributed by atoms with E-state index in [4.69, 9.17) is 11.6 Å². The quantitative estimate of drug-likeness (QED) is 0.848. The van der Waals surface area contributed by atoms with Gasteiger partial charge in [-0.1, -0.05) is 17.7 Å². The third-order valence-corrected chi connectivity index (χ3v) is 4.50. The van der Waals surface area contributed by atoms with Crippen LogP contribution in [-0.4, -0.2) is 30.4 Å². The van der Waals surface area contributed by atoms with Crippen LogP contribution in [0.25, 0.3) is 0 Å². The molecule has 0 aromatic carbocycles. The van der Waals surface area contributed by atoms with Crippen molar-refractivity contribution in [2.75, 3.05) is 19.6 Å². The molecule has 1 aliphatic heterocycles. The highest BCUT2D eigenvalue weighted by Crippen LogP contribution is 2.24. The largest absolute Gasteiger partial charge is 0.334 e. The summed E-state index contributed by atoms with van der Waals surface area (Å²) in [4.78, 5) is 15.5. The highest BCUT2D eigenvalue weighted by atomic mass is 35.5. The molecule has 0 radical (unpaired) electrons. The van der Waals surface area contributed by atoms with E-state index in [2.05, 4.69) is 11.9 Å². The van der Waals surface area contributed by atoms with E-state index in [1.165, 1.54) is 11.3 Å². The second-order valence-electron chi connectivity index (χ2n) is 4.76. The Morgan fingerprint density at radius 1 is 1.63 bits per heavy atom. The molecule has 0 aliphatic carbocycles. The Kier molecular flexibility index (Phi) is 5.43. The molecule has 19 heavy (non-hydrogen) atoms. The van der Waals surface area contributed by atoms with Crippen molar-refractivity contribution < 1.29 is 4.79 Å². The third kappa shape index (κ3) is 4.06. The fourth-order valence-corrected chi connectivity index (χ4v) is 3.44. The average Bonchev–Trinajstić information content (AvgIpc) is 2.84. The lowest BCUT2D eigenvalue weighted by Crippen LogP contribution is -2.42. The van der Waals surface area contributed by atoms with Crippen LogP contribution in [-0.2, 0) is 11.3 Å². The minimum Gasteiger partial charge on any atom is -0.334 e. The normalized spacial score (nSPS) is 19.1. The minimum absolute atomic E-state index is 0.101. The SMILES string of the molecule is C=CCN(Cc1ccc(Cl)s1)C(=O)[C@H]1CCCNC1. The number of halogens is 1. The van der Waals surface area contributed by atoms with Crippen LogP contribution in [0.2, 0.25) is 4.34 Å². The average molecular weight is 299 g/mol. The maximum Gasteiger partial charge on any atom is 0.227 e. The summed E-state index contributed by atoms with van der Waals surface area (Å²) in [5, 5.41) is 3.29. The fourth-order valence-electron chi connectivity index (χ4n) is 2.33. The molecule has 104 valence electrons. The van der Waals surface area contributed by atoms with Crippen molar-refractivity contribution in [1.82, 2.24) is 10.2 Å². The number of rotatable bonds is 5. The van der Waals surface area contributed by atoms with Gasteiger partial charge in [-0.25, -0.2) is 0 Å². The molecule has 5 heteroatoms. The number of nitrogens with zero attached hydrogens (tertiary/aromatic N) is 1. The number of carbonyl (C=O) groups excluding carboxylic acids is 1. The number of hydrogen-bond donors (Lipinski definition) is 1. The van der Waals surface area contributed by atoms with E-state index in [9.17, 15) is 4.79 Å². The Balaban J connectivity index is 2.01. The van der Waals surface area contributed by atoms with Gasteiger partial charge < -0.3 is 10.2 Å². The van der Waals surface area contributed by atoms with Gasteiger partial charge in [0.05, 0.1) is 16.8 Å². The molecule has 1 N–H and O–H groups in total. The maximum atomic E-state index is 12.5. The summed E-state index contributed by atoms with van der Waals surface area (Å²) in [5.41, 5.74) is 0. The number of hydrogen-bond acceptors (Lipinski definition) is 3. The molecule has 1 aromatic rings. The molecule has 0 saturated carbocycles. The first-order chi connectivity index (χ1) is 9.20. The Morgan fingerprint density at radius 3 is 3.05 bits per heavy atom. The van der Waals surface area contributed by atoms with Crippen LogP contribution in [0.5, 0.6) is 0 Å². The molecule has 1 atom stereocenters. The lowest BCUT2D eigenvalue weighted by Gasteiger charge is -2.28. The summed E-state index contributed by atoms with van der Waals surface area (Å²) in [6.45, 7) is 6.76. The van der Waals surface area contributed by atoms with E-state index < -0.39 is 0 Å². The van der Waals surface area contributed by atoms with Gasteiger partial charge in [-0.3, -0.25) is 4.79 Å². The third-order valence-electron chi connectivity index (χ3n) is 3.28. The van der Waals surface area contributed by atoms with Gasteiger partial charge in [0, 0.05) is 18.0 Å². The van der Waals surface area contributed by atoms with Crippen LogP contribution >= 0.6 is 22.9 Å². The summed E-state index contributed by atoms with van der Waals surface area (Å²) in [5.74, 6) is 0.320. The zero-order valence-corrected chi connectivity index (χ0v) is 12.5. The van der Waals surface area contributed by atoms with Crippen molar-refractivity contribution in [1.29, 1.82) is 0 Å². The first kappa shape index (κ1) is 14.6. The summed E-state index contributed by atoms with van der Waals surface area (Å²) in [6, 6.07) is 3.86. The number of thiophene rings is 1. The van der Waals surface area contributed by atoms with Crippen LogP contribution in [0.15, 0.2) is 24.8 Å². The number of nitrogens with one attached hydrogen (secondary N) is 1. The molecule has 2 heterocycles. The van der Waals surface area contributed by atoms with Crippen molar-refractivity contribution in [3.8, 4) is 0 Å². The Labute approximate surface area is 123 Å². The van der Waals surface area contributed by atoms with E-state index in [0.29, 0.717) is 13.1 Å². The smallest absolute Gasteiger partial charge is 0.227 e. The van der Waals surface area contributed by atoms with Crippen molar-refractivity contribution in [2.24, 2.45) is 5.92 Å². The zero-order valence-electron chi connectivity index (χ0n) is 10.9. The van der Waals surface area contributed by atoms with Crippen LogP contribution < -0.4 is 5.32 Å². The Hall–Kier alpha value is -0.840. The molecule has 2 rings (SSSR count). The van der Waals surface area contributed by atoms with E-state index in [1.54, 1.807) is 6.08 Å². The molecule has 0 spiro atoms. The molecule has 1 amide bonds. The standard InChI is InChI=1S/C14H19ClN2OS/c1-2-8-17(10-12-5-6-13(15)19-12)14(18)11-4-3-7-16-9-11/h2,5-6,11,16H,1,3-4,7-10H2/t11-/m0/s1. The predicted octanol–water partition coefficient (Wildman–Crippen LogP) is 2.92. The summed E-state index contributed by atoms with van der Waals surface area (Å²) < 4.78 is 0.764. The lowest BCUT2D eigenvalue weighted by molar-refractivity contribution is -0.136.